The van der Waals surface area contributed by atoms with Gasteiger partial charge in [-0.1, -0.05) is 91.0 Å². The predicted molar refractivity (Wildman–Crippen MR) is 107 cm³/mol. The maximum Gasteiger partial charge on any atom is 0.273 e. The molecule has 0 bridgehead atoms. The maximum absolute atomic E-state index is 12.6. The van der Waals surface area contributed by atoms with Crippen molar-refractivity contribution in [2.75, 3.05) is 0 Å². The average molecular weight is 388 g/mol. The lowest BCUT2D eigenvalue weighted by Crippen LogP contribution is -2.35. The fourth-order valence-electron chi connectivity index (χ4n) is 2.84. The van der Waals surface area contributed by atoms with E-state index in [4.69, 9.17) is 19.3 Å². The van der Waals surface area contributed by atoms with E-state index in [2.05, 4.69) is 0 Å². The summed E-state index contributed by atoms with van der Waals surface area (Å²) < 4.78 is 23.6. The summed E-state index contributed by atoms with van der Waals surface area (Å²) in [5.41, 5.74) is 1.28. The monoisotopic (exact) mass is 388 g/mol. The molecule has 0 saturated carbocycles. The summed E-state index contributed by atoms with van der Waals surface area (Å²) in [5.74, 6) is 0. The second kappa shape index (κ2) is 7.73. The highest BCUT2D eigenvalue weighted by atomic mass is 32.9. The Bertz CT molecular complexity index is 818. The molecule has 2 atom stereocenters. The molecule has 0 aromatic heterocycles. The van der Waals surface area contributed by atoms with Crippen LogP contribution < -0.4 is 0 Å². The molecular weight excluding hydrogens is 371 g/mol. The molecule has 0 amide bonds. The molecule has 128 valence electrons. The van der Waals surface area contributed by atoms with E-state index in [0.717, 1.165) is 16.7 Å². The Balaban J connectivity index is 2.36. The van der Waals surface area contributed by atoms with Gasteiger partial charge in [0.1, 0.15) is 0 Å². The van der Waals surface area contributed by atoms with Crippen molar-refractivity contribution >= 4 is 29.7 Å². The molecule has 6 heteroatoms. The van der Waals surface area contributed by atoms with Crippen LogP contribution in [0, 0.1) is 0 Å². The lowest BCUT2D eigenvalue weighted by atomic mass is 9.80. The highest BCUT2D eigenvalue weighted by molar-refractivity contribution is 8.28. The van der Waals surface area contributed by atoms with Gasteiger partial charge in [-0.25, -0.2) is 4.18 Å². The summed E-state index contributed by atoms with van der Waals surface area (Å²) in [6, 6.07) is 28.8. The fourth-order valence-corrected chi connectivity index (χ4v) is 3.89. The van der Waals surface area contributed by atoms with Crippen LogP contribution in [0.1, 0.15) is 16.7 Å². The molecule has 0 radical (unpaired) electrons. The van der Waals surface area contributed by atoms with Crippen molar-refractivity contribution in [2.24, 2.45) is 0 Å². The highest BCUT2D eigenvalue weighted by Gasteiger charge is 2.41. The van der Waals surface area contributed by atoms with Crippen molar-refractivity contribution in [1.29, 1.82) is 0 Å². The van der Waals surface area contributed by atoms with E-state index in [0.29, 0.717) is 0 Å². The summed E-state index contributed by atoms with van der Waals surface area (Å²) in [4.78, 5) is 0. The van der Waals surface area contributed by atoms with Gasteiger partial charge in [0.2, 0.25) is 0 Å². The van der Waals surface area contributed by atoms with Gasteiger partial charge >= 0.3 is 0 Å². The Labute approximate surface area is 155 Å². The first kappa shape index (κ1) is 18.2. The third-order valence-corrected chi connectivity index (χ3v) is 6.19. The predicted octanol–water partition coefficient (Wildman–Crippen LogP) is 4.38. The number of benzene rings is 3. The van der Waals surface area contributed by atoms with E-state index >= 15 is 0 Å². The smallest absolute Gasteiger partial charge is 0.254 e. The van der Waals surface area contributed by atoms with Crippen LogP contribution in [0.3, 0.4) is 0 Å². The van der Waals surface area contributed by atoms with Crippen LogP contribution in [0.2, 0.25) is 0 Å². The molecular formula is C19H17O3PS2. The Morgan fingerprint density at radius 3 is 1.32 bits per heavy atom. The molecule has 3 aromatic carbocycles. The number of rotatable bonds is 6. The third-order valence-electron chi connectivity index (χ3n) is 3.89. The van der Waals surface area contributed by atoms with Gasteiger partial charge in [0, 0.05) is 20.7 Å². The first-order chi connectivity index (χ1) is 12.1. The summed E-state index contributed by atoms with van der Waals surface area (Å²) in [7, 11) is -1.49. The van der Waals surface area contributed by atoms with Gasteiger partial charge in [-0.3, -0.25) is 3.97 Å². The van der Waals surface area contributed by atoms with Gasteiger partial charge in [-0.05, 0) is 16.7 Å². The molecule has 0 saturated heterocycles. The van der Waals surface area contributed by atoms with Gasteiger partial charge < -0.3 is 0 Å². The van der Waals surface area contributed by atoms with Gasteiger partial charge in [0.25, 0.3) is 9.05 Å². The molecule has 0 aliphatic carbocycles. The zero-order chi connectivity index (χ0) is 17.8. The van der Waals surface area contributed by atoms with Gasteiger partial charge in [0.05, 0.1) is 0 Å². The molecule has 3 aromatic rings. The van der Waals surface area contributed by atoms with Crippen LogP contribution in [-0.2, 0) is 34.0 Å². The fraction of sp³-hybridized carbons (Fsp3) is 0.0526. The maximum atomic E-state index is 12.6. The lowest BCUT2D eigenvalue weighted by Gasteiger charge is -2.35. The van der Waals surface area contributed by atoms with Gasteiger partial charge in [0.15, 0.2) is 5.60 Å². The largest absolute Gasteiger partial charge is 0.273 e. The van der Waals surface area contributed by atoms with Crippen LogP contribution in [0.4, 0.5) is 0 Å². The van der Waals surface area contributed by atoms with Crippen LogP contribution >= 0.6 is 9.47 Å². The Kier molecular flexibility index (Phi) is 5.62. The first-order valence-electron chi connectivity index (χ1n) is 7.59. The molecule has 2 unspecified atom stereocenters. The van der Waals surface area contributed by atoms with E-state index < -0.39 is 14.7 Å². The van der Waals surface area contributed by atoms with Crippen LogP contribution in [0.25, 0.3) is 0 Å². The topological polar surface area (TPSA) is 35.5 Å². The molecule has 3 nitrogen and oxygen atoms in total. The Morgan fingerprint density at radius 2 is 1.04 bits per heavy atom. The van der Waals surface area contributed by atoms with E-state index in [1.54, 1.807) is 0 Å². The van der Waals surface area contributed by atoms with E-state index in [1.807, 2.05) is 100 Å². The molecule has 0 heterocycles. The molecule has 0 fully saturated rings. The third kappa shape index (κ3) is 3.81. The molecule has 0 spiro atoms. The molecule has 3 rings (SSSR count). The van der Waals surface area contributed by atoms with Gasteiger partial charge in [-0.2, -0.15) is 4.21 Å². The van der Waals surface area contributed by atoms with E-state index in [9.17, 15) is 4.21 Å². The average Bonchev–Trinajstić information content (AvgIpc) is 2.68. The summed E-state index contributed by atoms with van der Waals surface area (Å²) in [6.07, 6.45) is 0. The molecule has 25 heavy (non-hydrogen) atoms. The van der Waals surface area contributed by atoms with Crippen molar-refractivity contribution in [1.82, 2.24) is 0 Å². The Morgan fingerprint density at radius 1 is 0.720 bits per heavy atom. The van der Waals surface area contributed by atoms with Crippen molar-refractivity contribution in [3.05, 3.63) is 108 Å². The van der Waals surface area contributed by atoms with Gasteiger partial charge in [-0.15, -0.1) is 0 Å². The lowest BCUT2D eigenvalue weighted by molar-refractivity contribution is 0.162. The van der Waals surface area contributed by atoms with Crippen LogP contribution in [0.15, 0.2) is 91.0 Å². The molecule has 0 N–H and O–H groups in total. The van der Waals surface area contributed by atoms with Crippen molar-refractivity contribution in [3.63, 3.8) is 0 Å². The van der Waals surface area contributed by atoms with Crippen molar-refractivity contribution in [3.8, 4) is 0 Å². The molecule has 0 aliphatic heterocycles. The molecule has 0 aliphatic rings. The standard InChI is InChI=1S/C19H17O3PS2/c20-25(24,22-23)21-19(16-10-4-1-5-11-16,17-12-6-2-7-13-17)18-14-8-3-9-15-18/h1-15H,23H2. The second-order valence-electron chi connectivity index (χ2n) is 5.37. The Hall–Kier alpha value is -1.62. The van der Waals surface area contributed by atoms with E-state index in [1.165, 1.54) is 0 Å². The SMILES string of the molecule is O=S(=S)(OP)OC(c1ccccc1)(c1ccccc1)c1ccccc1. The summed E-state index contributed by atoms with van der Waals surface area (Å²) in [6.45, 7) is 0. The highest BCUT2D eigenvalue weighted by Crippen LogP contribution is 2.42. The minimum atomic E-state index is -3.43. The van der Waals surface area contributed by atoms with Crippen LogP contribution in [0.5, 0.6) is 0 Å². The second-order valence-corrected chi connectivity index (χ2v) is 8.34. The first-order valence-corrected chi connectivity index (χ1v) is 10.4. The van der Waals surface area contributed by atoms with Crippen LogP contribution in [-0.4, -0.2) is 4.21 Å². The number of hydrogen-bond acceptors (Lipinski definition) is 4. The zero-order valence-corrected chi connectivity index (χ0v) is 16.1. The van der Waals surface area contributed by atoms with Crippen molar-refractivity contribution in [2.45, 2.75) is 5.60 Å². The number of hydrogen-bond donors (Lipinski definition) is 0. The van der Waals surface area contributed by atoms with Crippen molar-refractivity contribution < 1.29 is 12.4 Å². The normalized spacial score (nSPS) is 14.0. The van der Waals surface area contributed by atoms with E-state index in [-0.39, 0.29) is 0 Å². The summed E-state index contributed by atoms with van der Waals surface area (Å²) >= 11 is 5.06. The minimum Gasteiger partial charge on any atom is -0.254 e. The quantitative estimate of drug-likeness (QED) is 0.464. The zero-order valence-electron chi connectivity index (χ0n) is 13.3. The minimum absolute atomic E-state index is 0.812. The summed E-state index contributed by atoms with van der Waals surface area (Å²) in [5, 5.41) is 0.